The molecule has 0 aromatic heterocycles. The van der Waals surface area contributed by atoms with Crippen LogP contribution < -0.4 is 0 Å². The van der Waals surface area contributed by atoms with Crippen LogP contribution in [0.4, 0.5) is 0 Å². The van der Waals surface area contributed by atoms with E-state index < -0.39 is 0 Å². The van der Waals surface area contributed by atoms with Crippen molar-refractivity contribution in [1.29, 1.82) is 5.26 Å². The minimum atomic E-state index is -0.113. The second kappa shape index (κ2) is 6.17. The maximum absolute atomic E-state index is 12.0. The van der Waals surface area contributed by atoms with E-state index in [1.54, 1.807) is 7.11 Å². The third-order valence-corrected chi connectivity index (χ3v) is 3.68. The first-order valence-corrected chi connectivity index (χ1v) is 6.68. The number of hydrogen-bond donors (Lipinski definition) is 0. The van der Waals surface area contributed by atoms with Crippen molar-refractivity contribution < 1.29 is 9.53 Å². The maximum Gasteiger partial charge on any atom is 0.222 e. The summed E-state index contributed by atoms with van der Waals surface area (Å²) in [7, 11) is 1.64. The molecule has 1 aliphatic carbocycles. The summed E-state index contributed by atoms with van der Waals surface area (Å²) in [5.74, 6) is 0.155. The van der Waals surface area contributed by atoms with Crippen LogP contribution in [0.25, 0.3) is 0 Å². The Morgan fingerprint density at radius 3 is 2.83 bits per heavy atom. The van der Waals surface area contributed by atoms with Gasteiger partial charge in [-0.1, -0.05) is 0 Å². The standard InChI is InChI=1S/C13H21N3O2/c1-18-8-2-3-13(17)15-6-7-16(11-4-5-11)12(9-14)10-15/h11-12H,2-8,10H2,1H3. The molecule has 0 aromatic rings. The summed E-state index contributed by atoms with van der Waals surface area (Å²) < 4.78 is 4.95. The third kappa shape index (κ3) is 3.21. The summed E-state index contributed by atoms with van der Waals surface area (Å²) in [5.41, 5.74) is 0. The number of methoxy groups -OCH3 is 1. The molecular weight excluding hydrogens is 230 g/mol. The van der Waals surface area contributed by atoms with Crippen LogP contribution in [-0.2, 0) is 9.53 Å². The van der Waals surface area contributed by atoms with E-state index in [0.29, 0.717) is 25.6 Å². The average Bonchev–Trinajstić information content (AvgIpc) is 3.22. The van der Waals surface area contributed by atoms with E-state index in [1.165, 1.54) is 12.8 Å². The summed E-state index contributed by atoms with van der Waals surface area (Å²) in [5, 5.41) is 9.20. The van der Waals surface area contributed by atoms with Gasteiger partial charge in [-0.15, -0.1) is 0 Å². The SMILES string of the molecule is COCCCC(=O)N1CCN(C2CC2)C(C#N)C1. The Labute approximate surface area is 108 Å². The summed E-state index contributed by atoms with van der Waals surface area (Å²) in [4.78, 5) is 16.1. The van der Waals surface area contributed by atoms with Gasteiger partial charge >= 0.3 is 0 Å². The molecule has 1 saturated carbocycles. The van der Waals surface area contributed by atoms with Crippen LogP contribution in [0.5, 0.6) is 0 Å². The zero-order chi connectivity index (χ0) is 13.0. The van der Waals surface area contributed by atoms with Crippen LogP contribution >= 0.6 is 0 Å². The van der Waals surface area contributed by atoms with Crippen LogP contribution in [0.3, 0.4) is 0 Å². The predicted molar refractivity (Wildman–Crippen MR) is 66.8 cm³/mol. The highest BCUT2D eigenvalue weighted by Gasteiger charge is 2.38. The molecule has 1 atom stereocenters. The number of hydrogen-bond acceptors (Lipinski definition) is 4. The van der Waals surface area contributed by atoms with Gasteiger partial charge in [-0.25, -0.2) is 0 Å². The molecule has 2 fully saturated rings. The summed E-state index contributed by atoms with van der Waals surface area (Å²) in [6.45, 7) is 2.80. The van der Waals surface area contributed by atoms with Crippen LogP contribution in [0.1, 0.15) is 25.7 Å². The van der Waals surface area contributed by atoms with Gasteiger partial charge in [0.1, 0.15) is 6.04 Å². The molecular formula is C13H21N3O2. The smallest absolute Gasteiger partial charge is 0.222 e. The lowest BCUT2D eigenvalue weighted by atomic mass is 10.1. The van der Waals surface area contributed by atoms with Crippen molar-refractivity contribution in [2.24, 2.45) is 0 Å². The Morgan fingerprint density at radius 1 is 1.44 bits per heavy atom. The normalized spacial score (nSPS) is 24.9. The number of carbonyl (C=O) groups is 1. The number of carbonyl (C=O) groups excluding carboxylic acids is 1. The monoisotopic (exact) mass is 251 g/mol. The topological polar surface area (TPSA) is 56.6 Å². The molecule has 0 bridgehead atoms. The highest BCUT2D eigenvalue weighted by atomic mass is 16.5. The first-order chi connectivity index (χ1) is 8.76. The van der Waals surface area contributed by atoms with E-state index in [4.69, 9.17) is 4.74 Å². The van der Waals surface area contributed by atoms with Gasteiger partial charge in [0, 0.05) is 45.8 Å². The summed E-state index contributed by atoms with van der Waals surface area (Å²) in [6, 6.07) is 2.82. The molecule has 5 nitrogen and oxygen atoms in total. The van der Waals surface area contributed by atoms with Gasteiger partial charge < -0.3 is 9.64 Å². The molecule has 1 heterocycles. The lowest BCUT2D eigenvalue weighted by molar-refractivity contribution is -0.134. The van der Waals surface area contributed by atoms with Gasteiger partial charge in [0.15, 0.2) is 0 Å². The quantitative estimate of drug-likeness (QED) is 0.672. The number of nitriles is 1. The molecule has 2 aliphatic rings. The van der Waals surface area contributed by atoms with E-state index in [-0.39, 0.29) is 11.9 Å². The lowest BCUT2D eigenvalue weighted by Gasteiger charge is -2.38. The van der Waals surface area contributed by atoms with Crippen LogP contribution in [-0.4, -0.2) is 61.1 Å². The van der Waals surface area contributed by atoms with Gasteiger partial charge in [0.05, 0.1) is 6.07 Å². The maximum atomic E-state index is 12.0. The van der Waals surface area contributed by atoms with Crippen molar-refractivity contribution in [3.63, 3.8) is 0 Å². The molecule has 2 rings (SSSR count). The fraction of sp³-hybridized carbons (Fsp3) is 0.846. The van der Waals surface area contributed by atoms with Crippen LogP contribution in [0.2, 0.25) is 0 Å². The zero-order valence-corrected chi connectivity index (χ0v) is 11.0. The van der Waals surface area contributed by atoms with Gasteiger partial charge in [0.2, 0.25) is 5.91 Å². The molecule has 0 radical (unpaired) electrons. The van der Waals surface area contributed by atoms with Crippen LogP contribution in [0, 0.1) is 11.3 Å². The van der Waals surface area contributed by atoms with Gasteiger partial charge in [-0.2, -0.15) is 5.26 Å². The first-order valence-electron chi connectivity index (χ1n) is 6.68. The van der Waals surface area contributed by atoms with E-state index in [0.717, 1.165) is 19.5 Å². The van der Waals surface area contributed by atoms with Crippen molar-refractivity contribution in [2.45, 2.75) is 37.8 Å². The molecule has 0 spiro atoms. The Morgan fingerprint density at radius 2 is 2.22 bits per heavy atom. The minimum absolute atomic E-state index is 0.113. The zero-order valence-electron chi connectivity index (χ0n) is 11.0. The molecule has 18 heavy (non-hydrogen) atoms. The predicted octanol–water partition coefficient (Wildman–Crippen LogP) is 0.612. The van der Waals surface area contributed by atoms with E-state index in [2.05, 4.69) is 11.0 Å². The fourth-order valence-electron chi connectivity index (χ4n) is 2.51. The Bertz CT molecular complexity index is 336. The minimum Gasteiger partial charge on any atom is -0.385 e. The van der Waals surface area contributed by atoms with Crippen molar-refractivity contribution in [2.75, 3.05) is 33.4 Å². The third-order valence-electron chi connectivity index (χ3n) is 3.68. The number of rotatable bonds is 5. The molecule has 1 unspecified atom stereocenters. The van der Waals surface area contributed by atoms with Gasteiger partial charge in [-0.3, -0.25) is 9.69 Å². The number of amides is 1. The molecule has 0 N–H and O–H groups in total. The lowest BCUT2D eigenvalue weighted by Crippen LogP contribution is -2.54. The number of nitrogens with zero attached hydrogens (tertiary/aromatic N) is 3. The molecule has 1 aliphatic heterocycles. The van der Waals surface area contributed by atoms with Gasteiger partial charge in [-0.05, 0) is 19.3 Å². The van der Waals surface area contributed by atoms with Crippen molar-refractivity contribution in [3.05, 3.63) is 0 Å². The largest absolute Gasteiger partial charge is 0.385 e. The summed E-state index contributed by atoms with van der Waals surface area (Å²) >= 11 is 0. The van der Waals surface area contributed by atoms with E-state index in [1.807, 2.05) is 4.90 Å². The van der Waals surface area contributed by atoms with Crippen molar-refractivity contribution >= 4 is 5.91 Å². The average molecular weight is 251 g/mol. The second-order valence-corrected chi connectivity index (χ2v) is 5.05. The van der Waals surface area contributed by atoms with Crippen LogP contribution in [0.15, 0.2) is 0 Å². The molecule has 100 valence electrons. The number of ether oxygens (including phenoxy) is 1. The van der Waals surface area contributed by atoms with Crippen molar-refractivity contribution in [1.82, 2.24) is 9.80 Å². The summed E-state index contributed by atoms with van der Waals surface area (Å²) in [6.07, 6.45) is 3.70. The highest BCUT2D eigenvalue weighted by Crippen LogP contribution is 2.30. The van der Waals surface area contributed by atoms with Gasteiger partial charge in [0.25, 0.3) is 0 Å². The molecule has 1 saturated heterocycles. The Hall–Kier alpha value is -1.12. The van der Waals surface area contributed by atoms with Crippen molar-refractivity contribution in [3.8, 4) is 6.07 Å². The van der Waals surface area contributed by atoms with E-state index >= 15 is 0 Å². The molecule has 0 aromatic carbocycles. The second-order valence-electron chi connectivity index (χ2n) is 5.05. The molecule has 5 heteroatoms. The van der Waals surface area contributed by atoms with E-state index in [9.17, 15) is 10.1 Å². The fourth-order valence-corrected chi connectivity index (χ4v) is 2.51. The Kier molecular flexibility index (Phi) is 4.56. The number of piperazine rings is 1. The highest BCUT2D eigenvalue weighted by molar-refractivity contribution is 5.76. The first kappa shape index (κ1) is 13.3. The Balaban J connectivity index is 1.81. The molecule has 1 amide bonds.